The fourth-order valence-corrected chi connectivity index (χ4v) is 3.70. The lowest BCUT2D eigenvalue weighted by Gasteiger charge is -2.22. The number of rotatable bonds is 6. The van der Waals surface area contributed by atoms with Crippen molar-refractivity contribution in [1.29, 1.82) is 0 Å². The van der Waals surface area contributed by atoms with Crippen LogP contribution in [0.3, 0.4) is 0 Å². The van der Waals surface area contributed by atoms with E-state index in [4.69, 9.17) is 0 Å². The summed E-state index contributed by atoms with van der Waals surface area (Å²) in [6.45, 7) is 0.948. The molecule has 1 aromatic rings. The zero-order chi connectivity index (χ0) is 19.1. The van der Waals surface area contributed by atoms with E-state index >= 15 is 0 Å². The van der Waals surface area contributed by atoms with E-state index in [1.807, 2.05) is 18.2 Å². The molecule has 2 fully saturated rings. The highest BCUT2D eigenvalue weighted by atomic mass is 16.2. The zero-order valence-electron chi connectivity index (χ0n) is 15.6. The van der Waals surface area contributed by atoms with E-state index in [2.05, 4.69) is 16.0 Å². The second-order valence-electron chi connectivity index (χ2n) is 7.20. The molecular weight excluding hydrogens is 344 g/mol. The monoisotopic (exact) mass is 372 g/mol. The fraction of sp³-hybridized carbons (Fsp3) is 0.550. The van der Waals surface area contributed by atoms with Crippen LogP contribution in [0.1, 0.15) is 51.4 Å². The Hall–Kier alpha value is -2.57. The first-order valence-corrected chi connectivity index (χ1v) is 9.87. The van der Waals surface area contributed by atoms with Crippen molar-refractivity contribution in [3.8, 4) is 0 Å². The predicted octanol–water partition coefficient (Wildman–Crippen LogP) is 2.77. The molecule has 1 aliphatic heterocycles. The van der Waals surface area contributed by atoms with Crippen molar-refractivity contribution in [3.63, 3.8) is 0 Å². The zero-order valence-corrected chi connectivity index (χ0v) is 15.6. The summed E-state index contributed by atoms with van der Waals surface area (Å²) in [6.07, 6.45) is 7.17. The van der Waals surface area contributed by atoms with Crippen LogP contribution in [0.5, 0.6) is 0 Å². The SMILES string of the molecule is O=C(CCNC(=O)NC1CCCCC1)Nc1ccccc1N1CCCC1=O. The standard InChI is InChI=1S/C20H28N4O3/c25-18(12-13-21-20(27)22-15-7-2-1-3-8-15)23-16-9-4-5-10-17(16)24-14-6-11-19(24)26/h4-5,9-10,15H,1-3,6-8,11-14H2,(H,23,25)(H2,21,22,27). The van der Waals surface area contributed by atoms with E-state index in [-0.39, 0.29) is 36.9 Å². The Morgan fingerprint density at radius 3 is 2.59 bits per heavy atom. The maximum Gasteiger partial charge on any atom is 0.315 e. The van der Waals surface area contributed by atoms with Gasteiger partial charge in [-0.3, -0.25) is 9.59 Å². The number of nitrogens with one attached hydrogen (secondary N) is 3. The van der Waals surface area contributed by atoms with Crippen molar-refractivity contribution in [2.75, 3.05) is 23.3 Å². The largest absolute Gasteiger partial charge is 0.338 e. The Kier molecular flexibility index (Phi) is 6.68. The maximum atomic E-state index is 12.2. The molecule has 2 aliphatic rings. The van der Waals surface area contributed by atoms with Crippen molar-refractivity contribution < 1.29 is 14.4 Å². The second-order valence-corrected chi connectivity index (χ2v) is 7.20. The minimum Gasteiger partial charge on any atom is -0.338 e. The molecule has 1 saturated heterocycles. The van der Waals surface area contributed by atoms with E-state index in [0.717, 1.165) is 37.8 Å². The third-order valence-corrected chi connectivity index (χ3v) is 5.12. The minimum atomic E-state index is -0.210. The van der Waals surface area contributed by atoms with Gasteiger partial charge in [-0.15, -0.1) is 0 Å². The van der Waals surface area contributed by atoms with Gasteiger partial charge in [-0.2, -0.15) is 0 Å². The first-order valence-electron chi connectivity index (χ1n) is 9.87. The summed E-state index contributed by atoms with van der Waals surface area (Å²) in [7, 11) is 0. The van der Waals surface area contributed by atoms with Crippen molar-refractivity contribution in [3.05, 3.63) is 24.3 Å². The van der Waals surface area contributed by atoms with Gasteiger partial charge in [0.05, 0.1) is 11.4 Å². The number of hydrogen-bond donors (Lipinski definition) is 3. The van der Waals surface area contributed by atoms with Crippen molar-refractivity contribution in [2.24, 2.45) is 0 Å². The molecule has 1 aromatic carbocycles. The molecule has 4 amide bonds. The van der Waals surface area contributed by atoms with E-state index in [1.165, 1.54) is 6.42 Å². The van der Waals surface area contributed by atoms with Crippen LogP contribution in [0.15, 0.2) is 24.3 Å². The van der Waals surface area contributed by atoms with Gasteiger partial charge < -0.3 is 20.9 Å². The summed E-state index contributed by atoms with van der Waals surface area (Å²) < 4.78 is 0. The van der Waals surface area contributed by atoms with Gasteiger partial charge >= 0.3 is 6.03 Å². The number of hydrogen-bond acceptors (Lipinski definition) is 3. The first kappa shape index (κ1) is 19.2. The van der Waals surface area contributed by atoms with Crippen LogP contribution >= 0.6 is 0 Å². The Bertz CT molecular complexity index is 686. The Labute approximate surface area is 159 Å². The van der Waals surface area contributed by atoms with Crippen LogP contribution in [0.4, 0.5) is 16.2 Å². The smallest absolute Gasteiger partial charge is 0.315 e. The average molecular weight is 372 g/mol. The highest BCUT2D eigenvalue weighted by Crippen LogP contribution is 2.29. The summed E-state index contributed by atoms with van der Waals surface area (Å²) in [5.41, 5.74) is 1.36. The summed E-state index contributed by atoms with van der Waals surface area (Å²) in [5, 5.41) is 8.57. The molecular formula is C20H28N4O3. The molecule has 1 saturated carbocycles. The number of carbonyl (C=O) groups excluding carboxylic acids is 3. The third kappa shape index (κ3) is 5.45. The molecule has 0 bridgehead atoms. The van der Waals surface area contributed by atoms with Gasteiger partial charge in [-0.25, -0.2) is 4.79 Å². The lowest BCUT2D eigenvalue weighted by atomic mass is 9.96. The van der Waals surface area contributed by atoms with Gasteiger partial charge in [0.1, 0.15) is 0 Å². The molecule has 1 heterocycles. The predicted molar refractivity (Wildman–Crippen MR) is 105 cm³/mol. The van der Waals surface area contributed by atoms with Crippen LogP contribution in [0.2, 0.25) is 0 Å². The molecule has 3 rings (SSSR count). The number of para-hydroxylation sites is 2. The number of urea groups is 1. The lowest BCUT2D eigenvalue weighted by molar-refractivity contribution is -0.117. The summed E-state index contributed by atoms with van der Waals surface area (Å²) in [6, 6.07) is 7.36. The van der Waals surface area contributed by atoms with Gasteiger partial charge in [0.2, 0.25) is 11.8 Å². The molecule has 3 N–H and O–H groups in total. The summed E-state index contributed by atoms with van der Waals surface area (Å²) in [4.78, 5) is 37.9. The molecule has 7 nitrogen and oxygen atoms in total. The van der Waals surface area contributed by atoms with Crippen LogP contribution in [0.25, 0.3) is 0 Å². The van der Waals surface area contributed by atoms with Crippen LogP contribution in [-0.2, 0) is 9.59 Å². The second kappa shape index (κ2) is 9.39. The quantitative estimate of drug-likeness (QED) is 0.717. The van der Waals surface area contributed by atoms with E-state index in [9.17, 15) is 14.4 Å². The average Bonchev–Trinajstić information content (AvgIpc) is 3.09. The molecule has 0 radical (unpaired) electrons. The molecule has 0 unspecified atom stereocenters. The number of carbonyl (C=O) groups is 3. The van der Waals surface area contributed by atoms with E-state index in [0.29, 0.717) is 18.7 Å². The van der Waals surface area contributed by atoms with Gasteiger partial charge in [0.25, 0.3) is 0 Å². The molecule has 0 atom stereocenters. The minimum absolute atomic E-state index is 0.0812. The van der Waals surface area contributed by atoms with Crippen LogP contribution in [0, 0.1) is 0 Å². The third-order valence-electron chi connectivity index (χ3n) is 5.12. The van der Waals surface area contributed by atoms with Crippen molar-refractivity contribution >= 4 is 29.2 Å². The van der Waals surface area contributed by atoms with Crippen LogP contribution in [-0.4, -0.2) is 37.0 Å². The normalized spacial score (nSPS) is 17.6. The molecule has 7 heteroatoms. The molecule has 27 heavy (non-hydrogen) atoms. The molecule has 0 spiro atoms. The molecule has 146 valence electrons. The number of benzene rings is 1. The Morgan fingerprint density at radius 2 is 1.85 bits per heavy atom. The van der Waals surface area contributed by atoms with E-state index < -0.39 is 0 Å². The van der Waals surface area contributed by atoms with Gasteiger partial charge in [0.15, 0.2) is 0 Å². The summed E-state index contributed by atoms with van der Waals surface area (Å²) >= 11 is 0. The number of amides is 4. The number of nitrogens with zero attached hydrogens (tertiary/aromatic N) is 1. The highest BCUT2D eigenvalue weighted by molar-refractivity contribution is 6.02. The summed E-state index contributed by atoms with van der Waals surface area (Å²) in [5.74, 6) is -0.107. The molecule has 1 aliphatic carbocycles. The first-order chi connectivity index (χ1) is 13.1. The van der Waals surface area contributed by atoms with Crippen molar-refractivity contribution in [1.82, 2.24) is 10.6 Å². The van der Waals surface area contributed by atoms with E-state index in [1.54, 1.807) is 11.0 Å². The maximum absolute atomic E-state index is 12.2. The fourth-order valence-electron chi connectivity index (χ4n) is 3.70. The van der Waals surface area contributed by atoms with Gasteiger partial charge in [-0.05, 0) is 31.4 Å². The van der Waals surface area contributed by atoms with Crippen molar-refractivity contribution in [2.45, 2.75) is 57.4 Å². The van der Waals surface area contributed by atoms with Crippen LogP contribution < -0.4 is 20.9 Å². The molecule has 0 aromatic heterocycles. The Balaban J connectivity index is 1.44. The lowest BCUT2D eigenvalue weighted by Crippen LogP contribution is -2.43. The highest BCUT2D eigenvalue weighted by Gasteiger charge is 2.24. The number of anilines is 2. The topological polar surface area (TPSA) is 90.5 Å². The Morgan fingerprint density at radius 1 is 1.07 bits per heavy atom. The van der Waals surface area contributed by atoms with Gasteiger partial charge in [0, 0.05) is 32.0 Å². The van der Waals surface area contributed by atoms with Gasteiger partial charge in [-0.1, -0.05) is 31.4 Å².